The zero-order valence-electron chi connectivity index (χ0n) is 21.6. The molecule has 186 valence electrons. The summed E-state index contributed by atoms with van der Waals surface area (Å²) in [5.74, 6) is 1.65. The average molecular weight is 459 g/mol. The van der Waals surface area contributed by atoms with Crippen molar-refractivity contribution in [2.45, 2.75) is 111 Å². The van der Waals surface area contributed by atoms with E-state index in [1.54, 1.807) is 5.57 Å². The number of hydrogen-bond acceptors (Lipinski definition) is 4. The van der Waals surface area contributed by atoms with Gasteiger partial charge in [0.2, 0.25) is 0 Å². The van der Waals surface area contributed by atoms with Gasteiger partial charge < -0.3 is 14.9 Å². The number of hydrogen-bond donors (Lipinski definition) is 2. The fourth-order valence-corrected chi connectivity index (χ4v) is 6.69. The van der Waals surface area contributed by atoms with Gasteiger partial charge in [0, 0.05) is 25.7 Å². The second-order valence-electron chi connectivity index (χ2n) is 11.9. The molecule has 3 rings (SSSR count). The number of carbonyl (C=O) groups excluding carboxylic acids is 1. The van der Waals surface area contributed by atoms with Crippen LogP contribution < -0.4 is 0 Å². The van der Waals surface area contributed by atoms with Gasteiger partial charge in [-0.3, -0.25) is 4.79 Å². The van der Waals surface area contributed by atoms with Crippen molar-refractivity contribution >= 4 is 5.97 Å². The van der Waals surface area contributed by atoms with E-state index in [9.17, 15) is 15.0 Å². The summed E-state index contributed by atoms with van der Waals surface area (Å²) in [5.41, 5.74) is 2.37. The standard InChI is InChI=1S/C29H46O4/c1-19(9-10-20(2)28(4,5)32)26-13-14-27-23(8-7-15-29(26,27)6)12-11-22-16-24(31)18-25(17-22)33-21(3)30/h9-12,19-20,24-27,31-32H,7-8,13-18H2,1-6H3/b10-9+,22-11-,23-12+/t19-,20+,24-,25-,26?,27+,29-/m1/s1. The van der Waals surface area contributed by atoms with Crippen LogP contribution in [0.4, 0.5) is 0 Å². The molecule has 3 aliphatic rings. The molecule has 0 saturated heterocycles. The number of fused-ring (bicyclic) bond motifs is 1. The van der Waals surface area contributed by atoms with Crippen molar-refractivity contribution in [3.63, 3.8) is 0 Å². The summed E-state index contributed by atoms with van der Waals surface area (Å²) < 4.78 is 5.39. The Balaban J connectivity index is 1.72. The number of rotatable bonds is 6. The topological polar surface area (TPSA) is 66.8 Å². The monoisotopic (exact) mass is 458 g/mol. The van der Waals surface area contributed by atoms with Crippen LogP contribution in [0.2, 0.25) is 0 Å². The van der Waals surface area contributed by atoms with Crippen molar-refractivity contribution in [2.24, 2.45) is 29.1 Å². The van der Waals surface area contributed by atoms with Gasteiger partial charge in [0.1, 0.15) is 6.10 Å². The normalized spacial score (nSPS) is 37.3. The van der Waals surface area contributed by atoms with Gasteiger partial charge in [-0.15, -0.1) is 0 Å². The lowest BCUT2D eigenvalue weighted by atomic mass is 9.61. The first kappa shape index (κ1) is 26.2. The Hall–Kier alpha value is -1.39. The predicted molar refractivity (Wildman–Crippen MR) is 134 cm³/mol. The molecule has 0 amide bonds. The minimum Gasteiger partial charge on any atom is -0.462 e. The van der Waals surface area contributed by atoms with E-state index >= 15 is 0 Å². The van der Waals surface area contributed by atoms with Crippen LogP contribution in [0.1, 0.15) is 92.9 Å². The van der Waals surface area contributed by atoms with E-state index in [0.717, 1.165) is 12.8 Å². The molecule has 33 heavy (non-hydrogen) atoms. The SMILES string of the molecule is CC(=O)O[C@@H]1C/C(=C\C=C2/CCC[C@]3(C)C([C@H](C)/C=C/[C@H](C)C(C)(C)O)CC[C@@H]23)C[C@@H](O)C1. The number of aliphatic hydroxyl groups is 2. The van der Waals surface area contributed by atoms with Crippen molar-refractivity contribution < 1.29 is 19.7 Å². The Kier molecular flexibility index (Phi) is 8.32. The second-order valence-corrected chi connectivity index (χ2v) is 11.9. The van der Waals surface area contributed by atoms with Crippen LogP contribution in [0.25, 0.3) is 0 Å². The molecule has 3 saturated carbocycles. The number of ether oxygens (including phenoxy) is 1. The Morgan fingerprint density at radius 2 is 1.91 bits per heavy atom. The molecule has 0 bridgehead atoms. The fourth-order valence-electron chi connectivity index (χ4n) is 6.69. The van der Waals surface area contributed by atoms with Crippen LogP contribution >= 0.6 is 0 Å². The van der Waals surface area contributed by atoms with Crippen molar-refractivity contribution in [2.75, 3.05) is 0 Å². The van der Waals surface area contributed by atoms with Gasteiger partial charge in [0.25, 0.3) is 0 Å². The van der Waals surface area contributed by atoms with Crippen LogP contribution in [-0.4, -0.2) is 34.0 Å². The van der Waals surface area contributed by atoms with Gasteiger partial charge >= 0.3 is 5.97 Å². The van der Waals surface area contributed by atoms with Crippen molar-refractivity contribution in [3.05, 3.63) is 35.5 Å². The highest BCUT2D eigenvalue weighted by atomic mass is 16.5. The van der Waals surface area contributed by atoms with Crippen molar-refractivity contribution in [3.8, 4) is 0 Å². The molecule has 0 aliphatic heterocycles. The molecular weight excluding hydrogens is 412 g/mol. The molecule has 4 heteroatoms. The summed E-state index contributed by atoms with van der Waals surface area (Å²) in [7, 11) is 0. The zero-order valence-corrected chi connectivity index (χ0v) is 21.6. The third kappa shape index (κ3) is 6.39. The lowest BCUT2D eigenvalue weighted by molar-refractivity contribution is -0.148. The average Bonchev–Trinajstić information content (AvgIpc) is 3.06. The Morgan fingerprint density at radius 3 is 2.58 bits per heavy atom. The lowest BCUT2D eigenvalue weighted by Gasteiger charge is -2.44. The van der Waals surface area contributed by atoms with Crippen molar-refractivity contribution in [1.82, 2.24) is 0 Å². The first-order valence-electron chi connectivity index (χ1n) is 13.0. The first-order valence-corrected chi connectivity index (χ1v) is 13.0. The van der Waals surface area contributed by atoms with Crippen LogP contribution in [-0.2, 0) is 9.53 Å². The Labute approximate surface area is 201 Å². The maximum atomic E-state index is 11.4. The number of aliphatic hydroxyl groups excluding tert-OH is 1. The second kappa shape index (κ2) is 10.5. The van der Waals surface area contributed by atoms with Crippen LogP contribution in [0, 0.1) is 29.1 Å². The van der Waals surface area contributed by atoms with Crippen molar-refractivity contribution in [1.29, 1.82) is 0 Å². The van der Waals surface area contributed by atoms with E-state index in [1.807, 2.05) is 13.8 Å². The zero-order chi connectivity index (χ0) is 24.4. The van der Waals surface area contributed by atoms with Gasteiger partial charge in [-0.25, -0.2) is 0 Å². The molecule has 0 radical (unpaired) electrons. The lowest BCUT2D eigenvalue weighted by Crippen LogP contribution is -2.35. The van der Waals surface area contributed by atoms with Gasteiger partial charge in [0.05, 0.1) is 11.7 Å². The molecule has 2 N–H and O–H groups in total. The summed E-state index contributed by atoms with van der Waals surface area (Å²) in [4.78, 5) is 11.4. The highest BCUT2D eigenvalue weighted by molar-refractivity contribution is 5.66. The molecule has 3 fully saturated rings. The van der Waals surface area contributed by atoms with Gasteiger partial charge in [-0.1, -0.05) is 56.2 Å². The molecule has 1 unspecified atom stereocenters. The smallest absolute Gasteiger partial charge is 0.302 e. The molecule has 0 spiro atoms. The summed E-state index contributed by atoms with van der Waals surface area (Å²) >= 11 is 0. The summed E-state index contributed by atoms with van der Waals surface area (Å²) in [6.45, 7) is 12.1. The summed E-state index contributed by atoms with van der Waals surface area (Å²) in [6, 6.07) is 0. The third-order valence-electron chi connectivity index (χ3n) is 8.88. The molecule has 4 nitrogen and oxygen atoms in total. The number of carbonyl (C=O) groups is 1. The van der Waals surface area contributed by atoms with Crippen LogP contribution in [0.3, 0.4) is 0 Å². The summed E-state index contributed by atoms with van der Waals surface area (Å²) in [5, 5.41) is 20.5. The first-order chi connectivity index (χ1) is 15.4. The largest absolute Gasteiger partial charge is 0.462 e. The van der Waals surface area contributed by atoms with E-state index in [-0.39, 0.29) is 18.0 Å². The predicted octanol–water partition coefficient (Wildman–Crippen LogP) is 6.13. The minimum absolute atomic E-state index is 0.139. The molecule has 7 atom stereocenters. The van der Waals surface area contributed by atoms with E-state index in [0.29, 0.717) is 36.0 Å². The minimum atomic E-state index is -0.687. The fraction of sp³-hybridized carbons (Fsp3) is 0.759. The third-order valence-corrected chi connectivity index (χ3v) is 8.88. The van der Waals surface area contributed by atoms with E-state index in [4.69, 9.17) is 4.74 Å². The molecule has 0 aromatic rings. The Morgan fingerprint density at radius 1 is 1.18 bits per heavy atom. The summed E-state index contributed by atoms with van der Waals surface area (Å²) in [6.07, 6.45) is 16.6. The Bertz CT molecular complexity index is 786. The quantitative estimate of drug-likeness (QED) is 0.371. The molecular formula is C29H46O4. The van der Waals surface area contributed by atoms with Gasteiger partial charge in [-0.05, 0) is 75.5 Å². The van der Waals surface area contributed by atoms with E-state index < -0.39 is 11.7 Å². The van der Waals surface area contributed by atoms with Gasteiger partial charge in [0.15, 0.2) is 0 Å². The highest BCUT2D eigenvalue weighted by Crippen LogP contribution is 2.59. The number of allylic oxidation sites excluding steroid dienone is 4. The van der Waals surface area contributed by atoms with Crippen LogP contribution in [0.15, 0.2) is 35.5 Å². The highest BCUT2D eigenvalue weighted by Gasteiger charge is 2.50. The molecule has 0 heterocycles. The molecule has 0 aromatic heterocycles. The molecule has 3 aliphatic carbocycles. The van der Waals surface area contributed by atoms with E-state index in [2.05, 4.69) is 45.1 Å². The maximum Gasteiger partial charge on any atom is 0.302 e. The maximum absolute atomic E-state index is 11.4. The van der Waals surface area contributed by atoms with E-state index in [1.165, 1.54) is 38.2 Å². The number of esters is 1. The van der Waals surface area contributed by atoms with Gasteiger partial charge in [-0.2, -0.15) is 0 Å². The van der Waals surface area contributed by atoms with Crippen LogP contribution in [0.5, 0.6) is 0 Å². The molecule has 0 aromatic carbocycles.